The fourth-order valence-corrected chi connectivity index (χ4v) is 5.18. The third kappa shape index (κ3) is 19.0. The van der Waals surface area contributed by atoms with Crippen molar-refractivity contribution in [3.05, 3.63) is 83.4 Å². The minimum atomic E-state index is -4.38. The summed E-state index contributed by atoms with van der Waals surface area (Å²) in [6.07, 6.45) is 25.3. The van der Waals surface area contributed by atoms with Crippen LogP contribution < -0.4 is 5.32 Å². The van der Waals surface area contributed by atoms with E-state index in [9.17, 15) is 19.5 Å². The van der Waals surface area contributed by atoms with E-state index in [0.29, 0.717) is 12.8 Å². The fourth-order valence-electron chi connectivity index (χ4n) is 4.80. The van der Waals surface area contributed by atoms with Gasteiger partial charge in [-0.1, -0.05) is 137 Å². The normalized spacial score (nSPS) is 12.8. The van der Waals surface area contributed by atoms with Gasteiger partial charge in [0.25, 0.3) is 0 Å². The van der Waals surface area contributed by atoms with Gasteiger partial charge >= 0.3 is 8.17 Å². The minimum Gasteiger partial charge on any atom is -0.351 e. The second kappa shape index (κ2) is 22.2. The standard InChI is InChI=1S/C35H52NO5P/c1-2-3-4-5-6-7-8-9-10-11-12-13-14-15-19-22-35(37)36-34(30-41-42(38,39)40)29-33-27-25-32(26-28-33)24-23-31-20-17-16-18-21-31/h9-10,16-18,20-21,23-28,34,38-40H,2-8,11-15,19,22,29-30H2,1H3/p+1/b10-9-,24-23+/t34-/m0/s1. The van der Waals surface area contributed by atoms with Gasteiger partial charge in [0.2, 0.25) is 5.91 Å². The molecule has 0 spiro atoms. The number of unbranched alkanes of at least 4 members (excludes halogenated alkanes) is 11. The van der Waals surface area contributed by atoms with Gasteiger partial charge in [0.1, 0.15) is 6.61 Å². The van der Waals surface area contributed by atoms with Crippen molar-refractivity contribution in [3.63, 3.8) is 0 Å². The van der Waals surface area contributed by atoms with E-state index in [1.165, 1.54) is 57.8 Å². The lowest BCUT2D eigenvalue weighted by Gasteiger charge is -2.18. The molecule has 1 atom stereocenters. The van der Waals surface area contributed by atoms with Gasteiger partial charge in [-0.25, -0.2) is 0 Å². The van der Waals surface area contributed by atoms with Gasteiger partial charge < -0.3 is 5.32 Å². The Morgan fingerprint density at radius 2 is 1.31 bits per heavy atom. The van der Waals surface area contributed by atoms with E-state index in [2.05, 4.69) is 24.4 Å². The predicted octanol–water partition coefficient (Wildman–Crippen LogP) is 8.59. The number of nitrogens with one attached hydrogen (secondary N) is 1. The third-order valence-corrected chi connectivity index (χ3v) is 7.70. The van der Waals surface area contributed by atoms with Crippen molar-refractivity contribution in [2.75, 3.05) is 6.61 Å². The number of hydrogen-bond acceptors (Lipinski definition) is 5. The molecule has 0 saturated carbocycles. The zero-order chi connectivity index (χ0) is 30.3. The Bertz CT molecular complexity index is 1020. The molecule has 0 fully saturated rings. The lowest BCUT2D eigenvalue weighted by molar-refractivity contribution is -0.122. The lowest BCUT2D eigenvalue weighted by atomic mass is 10.0. The summed E-state index contributed by atoms with van der Waals surface area (Å²) in [5, 5.41) is 2.95. The molecular formula is C35H53NO5P+. The summed E-state index contributed by atoms with van der Waals surface area (Å²) in [6.45, 7) is 2.06. The second-order valence-electron chi connectivity index (χ2n) is 11.1. The van der Waals surface area contributed by atoms with E-state index in [4.69, 9.17) is 4.52 Å². The van der Waals surface area contributed by atoms with Gasteiger partial charge in [0.15, 0.2) is 0 Å². The summed E-state index contributed by atoms with van der Waals surface area (Å²) < 4.78 is 4.85. The smallest absolute Gasteiger partial charge is 0.351 e. The molecule has 232 valence electrons. The summed E-state index contributed by atoms with van der Waals surface area (Å²) in [7, 11) is -4.38. The van der Waals surface area contributed by atoms with E-state index in [1.54, 1.807) is 0 Å². The van der Waals surface area contributed by atoms with Crippen molar-refractivity contribution in [2.45, 2.75) is 109 Å². The highest BCUT2D eigenvalue weighted by atomic mass is 31.2. The van der Waals surface area contributed by atoms with Crippen molar-refractivity contribution in [2.24, 2.45) is 0 Å². The molecule has 0 aliphatic rings. The molecule has 0 radical (unpaired) electrons. The largest absolute Gasteiger partial charge is 0.567 e. The molecule has 0 unspecified atom stereocenters. The molecule has 0 heterocycles. The molecule has 2 aromatic carbocycles. The first kappa shape index (κ1) is 35.9. The number of allylic oxidation sites excluding steroid dienone is 2. The molecule has 2 aromatic rings. The predicted molar refractivity (Wildman–Crippen MR) is 176 cm³/mol. The molecule has 0 aliphatic carbocycles. The maximum atomic E-state index is 12.6. The lowest BCUT2D eigenvalue weighted by Crippen LogP contribution is -2.39. The Kier molecular flexibility index (Phi) is 19.0. The van der Waals surface area contributed by atoms with Gasteiger partial charge in [-0.3, -0.25) is 4.79 Å². The molecular weight excluding hydrogens is 545 g/mol. The van der Waals surface area contributed by atoms with Gasteiger partial charge in [0.05, 0.1) is 6.04 Å². The van der Waals surface area contributed by atoms with Crippen LogP contribution in [-0.4, -0.2) is 33.2 Å². The van der Waals surface area contributed by atoms with E-state index in [-0.39, 0.29) is 12.5 Å². The highest BCUT2D eigenvalue weighted by molar-refractivity contribution is 7.53. The number of hydrogen-bond donors (Lipinski definition) is 4. The Morgan fingerprint density at radius 1 is 0.762 bits per heavy atom. The second-order valence-corrected chi connectivity index (χ2v) is 12.4. The van der Waals surface area contributed by atoms with Crippen LogP contribution in [0.4, 0.5) is 0 Å². The monoisotopic (exact) mass is 598 g/mol. The molecule has 4 N–H and O–H groups in total. The Balaban J connectivity index is 1.65. The zero-order valence-corrected chi connectivity index (χ0v) is 26.4. The Hall–Kier alpha value is -2.34. The SMILES string of the molecule is CCCCCCCC/C=C\CCCCCCCC(=O)N[C@H](CO[P+](O)(O)O)Cc1ccc(/C=C/c2ccccc2)cc1. The van der Waals surface area contributed by atoms with E-state index < -0.39 is 14.2 Å². The summed E-state index contributed by atoms with van der Waals surface area (Å²) in [6, 6.07) is 17.5. The van der Waals surface area contributed by atoms with Crippen LogP contribution >= 0.6 is 8.17 Å². The summed E-state index contributed by atoms with van der Waals surface area (Å²) in [4.78, 5) is 40.5. The first-order valence-electron chi connectivity index (χ1n) is 15.8. The topological polar surface area (TPSA) is 99.0 Å². The van der Waals surface area contributed by atoms with Crippen LogP contribution in [0.2, 0.25) is 0 Å². The van der Waals surface area contributed by atoms with Crippen LogP contribution in [0.5, 0.6) is 0 Å². The Morgan fingerprint density at radius 3 is 1.90 bits per heavy atom. The van der Waals surface area contributed by atoms with Crippen molar-refractivity contribution < 1.29 is 24.0 Å². The quantitative estimate of drug-likeness (QED) is 0.0444. The van der Waals surface area contributed by atoms with Crippen LogP contribution in [0.3, 0.4) is 0 Å². The van der Waals surface area contributed by atoms with E-state index >= 15 is 0 Å². The van der Waals surface area contributed by atoms with Crippen LogP contribution in [0.15, 0.2) is 66.7 Å². The van der Waals surface area contributed by atoms with Gasteiger partial charge in [-0.05, 0) is 55.2 Å². The van der Waals surface area contributed by atoms with Gasteiger partial charge in [0, 0.05) is 6.42 Å². The fraction of sp³-hybridized carbons (Fsp3) is 0.514. The highest BCUT2D eigenvalue weighted by Crippen LogP contribution is 2.45. The molecule has 0 aliphatic heterocycles. The van der Waals surface area contributed by atoms with E-state index in [0.717, 1.165) is 42.4 Å². The first-order chi connectivity index (χ1) is 20.4. The number of carbonyl (C=O) groups excluding carboxylic acids is 1. The summed E-state index contributed by atoms with van der Waals surface area (Å²) in [5.41, 5.74) is 3.14. The first-order valence-corrected chi connectivity index (χ1v) is 17.4. The number of carbonyl (C=O) groups is 1. The summed E-state index contributed by atoms with van der Waals surface area (Å²) in [5.74, 6) is -0.0959. The van der Waals surface area contributed by atoms with E-state index in [1.807, 2.05) is 66.7 Å². The molecule has 0 bridgehead atoms. The van der Waals surface area contributed by atoms with Crippen molar-refractivity contribution in [1.82, 2.24) is 5.32 Å². The minimum absolute atomic E-state index is 0.0959. The molecule has 6 nitrogen and oxygen atoms in total. The van der Waals surface area contributed by atoms with Crippen molar-refractivity contribution in [3.8, 4) is 0 Å². The van der Waals surface area contributed by atoms with Crippen LogP contribution in [-0.2, 0) is 15.7 Å². The number of amides is 1. The summed E-state index contributed by atoms with van der Waals surface area (Å²) >= 11 is 0. The van der Waals surface area contributed by atoms with Gasteiger partial charge in [-0.15, -0.1) is 0 Å². The zero-order valence-electron chi connectivity index (χ0n) is 25.5. The average Bonchev–Trinajstić information content (AvgIpc) is 2.97. The molecule has 0 aromatic heterocycles. The maximum absolute atomic E-state index is 12.6. The molecule has 2 rings (SSSR count). The van der Waals surface area contributed by atoms with Crippen LogP contribution in [0.25, 0.3) is 12.2 Å². The maximum Gasteiger partial charge on any atom is 0.567 e. The van der Waals surface area contributed by atoms with Crippen LogP contribution in [0.1, 0.15) is 114 Å². The third-order valence-electron chi connectivity index (χ3n) is 7.21. The molecule has 1 amide bonds. The highest BCUT2D eigenvalue weighted by Gasteiger charge is 2.34. The molecule has 0 saturated heterocycles. The van der Waals surface area contributed by atoms with Crippen LogP contribution in [0, 0.1) is 0 Å². The molecule has 7 heteroatoms. The number of benzene rings is 2. The van der Waals surface area contributed by atoms with Crippen molar-refractivity contribution >= 4 is 26.2 Å². The Labute approximate surface area is 254 Å². The number of rotatable bonds is 23. The molecule has 42 heavy (non-hydrogen) atoms. The average molecular weight is 599 g/mol. The van der Waals surface area contributed by atoms with Gasteiger partial charge in [-0.2, -0.15) is 19.2 Å². The van der Waals surface area contributed by atoms with Crippen molar-refractivity contribution in [1.29, 1.82) is 0 Å².